The van der Waals surface area contributed by atoms with Gasteiger partial charge in [-0.1, -0.05) is 11.6 Å². The van der Waals surface area contributed by atoms with E-state index < -0.39 is 30.0 Å². The van der Waals surface area contributed by atoms with Gasteiger partial charge in [-0.05, 0) is 42.3 Å². The van der Waals surface area contributed by atoms with Crippen LogP contribution in [0, 0.1) is 6.92 Å². The molecule has 0 saturated carbocycles. The van der Waals surface area contributed by atoms with Crippen molar-refractivity contribution in [1.29, 1.82) is 0 Å². The standard InChI is InChI=1S/C23H19ClN2O7/c1-10-13-6-16(24)19(28)8-20(13)33-23(32)14(10)7-21(29)26-18(22(30)31)4-11-9-25-17-3-2-12(27)5-15(11)17/h2-3,5-6,8-9,18,25,27-28H,4,7H2,1H3,(H,26,29)(H,30,31)/t18-/m1/s1. The molecule has 2 aromatic carbocycles. The van der Waals surface area contributed by atoms with Gasteiger partial charge in [0.05, 0.1) is 17.0 Å². The number of aliphatic carboxylic acids is 1. The van der Waals surface area contributed by atoms with Crippen molar-refractivity contribution in [3.8, 4) is 11.5 Å². The highest BCUT2D eigenvalue weighted by atomic mass is 35.5. The lowest BCUT2D eigenvalue weighted by Gasteiger charge is -2.15. The molecule has 0 bridgehead atoms. The number of hydrogen-bond acceptors (Lipinski definition) is 6. The first kappa shape index (κ1) is 22.2. The number of nitrogens with one attached hydrogen (secondary N) is 2. The summed E-state index contributed by atoms with van der Waals surface area (Å²) in [7, 11) is 0. The summed E-state index contributed by atoms with van der Waals surface area (Å²) in [5, 5.41) is 32.7. The highest BCUT2D eigenvalue weighted by Crippen LogP contribution is 2.31. The second-order valence-corrected chi connectivity index (χ2v) is 8.08. The van der Waals surface area contributed by atoms with Crippen molar-refractivity contribution in [2.45, 2.75) is 25.8 Å². The molecule has 10 heteroatoms. The third kappa shape index (κ3) is 4.35. The number of H-pyrrole nitrogens is 1. The molecular formula is C23H19ClN2O7. The summed E-state index contributed by atoms with van der Waals surface area (Å²) in [6.45, 7) is 1.61. The number of rotatable bonds is 6. The van der Waals surface area contributed by atoms with Gasteiger partial charge in [-0.2, -0.15) is 0 Å². The summed E-state index contributed by atoms with van der Waals surface area (Å²) in [6.07, 6.45) is 1.18. The van der Waals surface area contributed by atoms with Gasteiger partial charge in [0.2, 0.25) is 5.91 Å². The fourth-order valence-corrected chi connectivity index (χ4v) is 3.93. The number of hydrogen-bond donors (Lipinski definition) is 5. The average molecular weight is 471 g/mol. The van der Waals surface area contributed by atoms with E-state index in [1.54, 1.807) is 19.2 Å². The van der Waals surface area contributed by atoms with Gasteiger partial charge in [0.15, 0.2) is 0 Å². The fraction of sp³-hybridized carbons (Fsp3) is 0.174. The number of phenols is 2. The number of aromatic hydroxyl groups is 2. The molecule has 9 nitrogen and oxygen atoms in total. The quantitative estimate of drug-likeness (QED) is 0.271. The summed E-state index contributed by atoms with van der Waals surface area (Å²) in [5.41, 5.74) is 1.17. The number of aromatic nitrogens is 1. The molecule has 0 saturated heterocycles. The van der Waals surface area contributed by atoms with Crippen LogP contribution in [0.3, 0.4) is 0 Å². The highest BCUT2D eigenvalue weighted by molar-refractivity contribution is 6.32. The SMILES string of the molecule is Cc1c(CC(=O)N[C@H](Cc2c[nH]c3ccc(O)cc23)C(=O)O)c(=O)oc2cc(O)c(Cl)cc12. The Morgan fingerprint density at radius 2 is 1.94 bits per heavy atom. The third-order valence-corrected chi connectivity index (χ3v) is 5.80. The van der Waals surface area contributed by atoms with Crippen LogP contribution in [0.15, 0.2) is 45.7 Å². The number of halogens is 1. The van der Waals surface area contributed by atoms with E-state index in [0.717, 1.165) is 0 Å². The Morgan fingerprint density at radius 1 is 1.18 bits per heavy atom. The van der Waals surface area contributed by atoms with Gasteiger partial charge < -0.3 is 30.0 Å². The molecule has 1 atom stereocenters. The molecule has 33 heavy (non-hydrogen) atoms. The van der Waals surface area contributed by atoms with E-state index in [-0.39, 0.29) is 34.1 Å². The summed E-state index contributed by atoms with van der Waals surface area (Å²) in [6, 6.07) is 6.06. The molecule has 4 rings (SSSR count). The Labute approximate surface area is 191 Å². The normalized spacial score (nSPS) is 12.2. The maximum atomic E-state index is 12.7. The van der Waals surface area contributed by atoms with Crippen molar-refractivity contribution in [2.75, 3.05) is 0 Å². The van der Waals surface area contributed by atoms with Crippen molar-refractivity contribution in [1.82, 2.24) is 10.3 Å². The van der Waals surface area contributed by atoms with Crippen molar-refractivity contribution < 1.29 is 29.3 Å². The number of aryl methyl sites for hydroxylation is 1. The fourth-order valence-electron chi connectivity index (χ4n) is 3.76. The zero-order valence-electron chi connectivity index (χ0n) is 17.3. The first-order chi connectivity index (χ1) is 15.6. The maximum Gasteiger partial charge on any atom is 0.340 e. The van der Waals surface area contributed by atoms with Crippen LogP contribution in [0.25, 0.3) is 21.9 Å². The number of carbonyl (C=O) groups is 2. The minimum Gasteiger partial charge on any atom is -0.508 e. The van der Waals surface area contributed by atoms with E-state index in [1.165, 1.54) is 24.3 Å². The molecular weight excluding hydrogens is 452 g/mol. The summed E-state index contributed by atoms with van der Waals surface area (Å²) in [4.78, 5) is 39.9. The molecule has 170 valence electrons. The van der Waals surface area contributed by atoms with Crippen molar-refractivity contribution in [2.24, 2.45) is 0 Å². The number of aromatic amines is 1. The van der Waals surface area contributed by atoms with Crippen molar-refractivity contribution in [3.63, 3.8) is 0 Å². The molecule has 0 aliphatic rings. The second kappa shape index (κ2) is 8.51. The molecule has 2 heterocycles. The second-order valence-electron chi connectivity index (χ2n) is 7.68. The summed E-state index contributed by atoms with van der Waals surface area (Å²) < 4.78 is 5.21. The van der Waals surface area contributed by atoms with Gasteiger partial charge in [-0.15, -0.1) is 0 Å². The van der Waals surface area contributed by atoms with E-state index in [0.29, 0.717) is 27.4 Å². The number of carboxylic acids is 1. The number of amides is 1. The van der Waals surface area contributed by atoms with E-state index in [4.69, 9.17) is 16.0 Å². The molecule has 0 aliphatic carbocycles. The van der Waals surface area contributed by atoms with E-state index >= 15 is 0 Å². The molecule has 2 aromatic heterocycles. The molecule has 4 aromatic rings. The zero-order chi connectivity index (χ0) is 23.9. The van der Waals surface area contributed by atoms with Crippen LogP contribution in [-0.2, 0) is 22.4 Å². The number of benzene rings is 2. The first-order valence-corrected chi connectivity index (χ1v) is 10.3. The lowest BCUT2D eigenvalue weighted by Crippen LogP contribution is -2.43. The Balaban J connectivity index is 1.58. The highest BCUT2D eigenvalue weighted by Gasteiger charge is 2.24. The number of fused-ring (bicyclic) bond motifs is 2. The van der Waals surface area contributed by atoms with Gasteiger partial charge in [-0.25, -0.2) is 9.59 Å². The monoisotopic (exact) mass is 470 g/mol. The zero-order valence-corrected chi connectivity index (χ0v) is 18.1. The smallest absolute Gasteiger partial charge is 0.340 e. The minimum absolute atomic E-state index is 0.0335. The molecule has 0 aliphatic heterocycles. The lowest BCUT2D eigenvalue weighted by molar-refractivity contribution is -0.141. The molecule has 0 radical (unpaired) electrons. The minimum atomic E-state index is -1.27. The van der Waals surface area contributed by atoms with Crippen LogP contribution >= 0.6 is 11.6 Å². The number of carboxylic acid groups (broad SMARTS) is 1. The average Bonchev–Trinajstić information content (AvgIpc) is 3.14. The largest absolute Gasteiger partial charge is 0.508 e. The predicted octanol–water partition coefficient (Wildman–Crippen LogP) is 3.00. The van der Waals surface area contributed by atoms with E-state index in [2.05, 4.69) is 10.3 Å². The van der Waals surface area contributed by atoms with Crippen LogP contribution in [0.4, 0.5) is 0 Å². The van der Waals surface area contributed by atoms with E-state index in [9.17, 15) is 29.7 Å². The maximum absolute atomic E-state index is 12.7. The Kier molecular flexibility index (Phi) is 5.73. The third-order valence-electron chi connectivity index (χ3n) is 5.50. The molecule has 0 fully saturated rings. The Bertz CT molecular complexity index is 1470. The Hall–Kier alpha value is -3.98. The van der Waals surface area contributed by atoms with Gasteiger partial charge in [-0.3, -0.25) is 4.79 Å². The summed E-state index contributed by atoms with van der Waals surface area (Å²) >= 11 is 5.95. The Morgan fingerprint density at radius 3 is 2.67 bits per heavy atom. The van der Waals surface area contributed by atoms with Crippen LogP contribution in [0.2, 0.25) is 5.02 Å². The molecule has 0 spiro atoms. The van der Waals surface area contributed by atoms with Crippen molar-refractivity contribution >= 4 is 45.3 Å². The predicted molar refractivity (Wildman–Crippen MR) is 121 cm³/mol. The van der Waals surface area contributed by atoms with E-state index in [1.807, 2.05) is 0 Å². The van der Waals surface area contributed by atoms with Gasteiger partial charge >= 0.3 is 11.6 Å². The van der Waals surface area contributed by atoms with Crippen molar-refractivity contribution in [3.05, 3.63) is 68.7 Å². The van der Waals surface area contributed by atoms with Crippen LogP contribution < -0.4 is 10.9 Å². The topological polar surface area (TPSA) is 153 Å². The van der Waals surface area contributed by atoms with Gasteiger partial charge in [0.1, 0.15) is 23.1 Å². The van der Waals surface area contributed by atoms with Gasteiger partial charge in [0.25, 0.3) is 0 Å². The van der Waals surface area contributed by atoms with Crippen LogP contribution in [0.1, 0.15) is 16.7 Å². The van der Waals surface area contributed by atoms with Crippen LogP contribution in [0.5, 0.6) is 11.5 Å². The molecule has 1 amide bonds. The van der Waals surface area contributed by atoms with Gasteiger partial charge in [0, 0.05) is 35.0 Å². The molecule has 5 N–H and O–H groups in total. The summed E-state index contributed by atoms with van der Waals surface area (Å²) in [5.74, 6) is -2.13. The number of carbonyl (C=O) groups excluding carboxylic acids is 1. The first-order valence-electron chi connectivity index (χ1n) is 9.90. The molecule has 0 unspecified atom stereocenters. The number of phenolic OH excluding ortho intramolecular Hbond substituents is 2. The van der Waals surface area contributed by atoms with Crippen LogP contribution in [-0.4, -0.2) is 38.2 Å². The lowest BCUT2D eigenvalue weighted by atomic mass is 10.0.